The van der Waals surface area contributed by atoms with Crippen molar-refractivity contribution in [3.8, 4) is 0 Å². The molecule has 1 amide bonds. The highest BCUT2D eigenvalue weighted by Crippen LogP contribution is 2.15. The van der Waals surface area contributed by atoms with Gasteiger partial charge in [0.25, 0.3) is 5.91 Å². The molecule has 24 heavy (non-hydrogen) atoms. The lowest BCUT2D eigenvalue weighted by atomic mass is 10.1. The van der Waals surface area contributed by atoms with Gasteiger partial charge in [0.15, 0.2) is 0 Å². The van der Waals surface area contributed by atoms with Gasteiger partial charge in [-0.25, -0.2) is 22.9 Å². The highest BCUT2D eigenvalue weighted by Gasteiger charge is 2.26. The van der Waals surface area contributed by atoms with Gasteiger partial charge < -0.3 is 10.0 Å². The summed E-state index contributed by atoms with van der Waals surface area (Å²) in [6.07, 6.45) is 2.92. The first-order chi connectivity index (χ1) is 11.3. The topological polar surface area (TPSA) is 117 Å². The zero-order valence-electron chi connectivity index (χ0n) is 13.4. The number of carboxylic acids is 1. The number of nitrogens with zero attached hydrogens (tertiary/aromatic N) is 2. The molecule has 0 radical (unpaired) electrons. The summed E-state index contributed by atoms with van der Waals surface area (Å²) < 4.78 is 26.2. The second-order valence-electron chi connectivity index (χ2n) is 5.74. The van der Waals surface area contributed by atoms with Crippen molar-refractivity contribution in [3.63, 3.8) is 0 Å². The molecule has 1 aliphatic rings. The van der Waals surface area contributed by atoms with Crippen LogP contribution >= 0.6 is 0 Å². The van der Waals surface area contributed by atoms with Gasteiger partial charge in [0.2, 0.25) is 10.0 Å². The number of carbonyl (C=O) groups is 2. The number of aromatic nitrogens is 1. The minimum absolute atomic E-state index is 0.105. The van der Waals surface area contributed by atoms with E-state index in [2.05, 4.69) is 9.71 Å². The third-order valence-electron chi connectivity index (χ3n) is 3.83. The number of nitrogens with one attached hydrogen (secondary N) is 1. The highest BCUT2D eigenvalue weighted by molar-refractivity contribution is 7.89. The summed E-state index contributed by atoms with van der Waals surface area (Å²) in [6.45, 7) is 2.70. The van der Waals surface area contributed by atoms with E-state index >= 15 is 0 Å². The van der Waals surface area contributed by atoms with Crippen LogP contribution in [0.3, 0.4) is 0 Å². The molecule has 0 bridgehead atoms. The normalized spacial score (nSPS) is 16.1. The lowest BCUT2D eigenvalue weighted by Crippen LogP contribution is -2.47. The van der Waals surface area contributed by atoms with Crippen molar-refractivity contribution in [1.29, 1.82) is 0 Å². The Morgan fingerprint density at radius 3 is 2.50 bits per heavy atom. The number of hydrogen-bond donors (Lipinski definition) is 2. The number of amides is 1. The summed E-state index contributed by atoms with van der Waals surface area (Å²) in [6, 6.07) is 2.58. The molecule has 0 atom stereocenters. The number of carboxylic acid groups (broad SMARTS) is 1. The Morgan fingerprint density at radius 2 is 2.00 bits per heavy atom. The molecule has 1 fully saturated rings. The molecule has 8 nitrogen and oxygen atoms in total. The van der Waals surface area contributed by atoms with E-state index in [0.717, 1.165) is 0 Å². The number of likely N-dealkylation sites (tertiary alicyclic amines) is 1. The molecule has 0 aliphatic carbocycles. The molecule has 1 aromatic rings. The van der Waals surface area contributed by atoms with Gasteiger partial charge in [-0.3, -0.25) is 4.79 Å². The Hall–Kier alpha value is -2.00. The van der Waals surface area contributed by atoms with Gasteiger partial charge in [0.05, 0.1) is 11.3 Å². The maximum atomic E-state index is 12.4. The van der Waals surface area contributed by atoms with E-state index in [-0.39, 0.29) is 23.4 Å². The molecule has 1 saturated heterocycles. The second-order valence-corrected chi connectivity index (χ2v) is 7.61. The summed E-state index contributed by atoms with van der Waals surface area (Å²) >= 11 is 0. The van der Waals surface area contributed by atoms with Crippen LogP contribution in [0.1, 0.15) is 47.0 Å². The number of rotatable bonds is 6. The predicted octanol–water partition coefficient (Wildman–Crippen LogP) is 0.714. The van der Waals surface area contributed by atoms with Gasteiger partial charge in [-0.1, -0.05) is 6.92 Å². The van der Waals surface area contributed by atoms with E-state index in [0.29, 0.717) is 37.9 Å². The molecule has 2 rings (SSSR count). The summed E-state index contributed by atoms with van der Waals surface area (Å²) in [5.74, 6) is -1.27. The zero-order valence-corrected chi connectivity index (χ0v) is 14.3. The fraction of sp³-hybridized carbons (Fsp3) is 0.533. The van der Waals surface area contributed by atoms with Crippen LogP contribution in [0, 0.1) is 0 Å². The van der Waals surface area contributed by atoms with Gasteiger partial charge in [-0.2, -0.15) is 0 Å². The Balaban J connectivity index is 1.92. The van der Waals surface area contributed by atoms with Crippen molar-refractivity contribution in [2.45, 2.75) is 32.2 Å². The molecular weight excluding hydrogens is 334 g/mol. The summed E-state index contributed by atoms with van der Waals surface area (Å²) in [5, 5.41) is 8.81. The molecule has 9 heteroatoms. The van der Waals surface area contributed by atoms with Crippen molar-refractivity contribution < 1.29 is 23.1 Å². The van der Waals surface area contributed by atoms with E-state index < -0.39 is 16.0 Å². The van der Waals surface area contributed by atoms with Crippen LogP contribution in [0.15, 0.2) is 18.3 Å². The molecule has 1 aromatic heterocycles. The molecule has 0 spiro atoms. The third-order valence-corrected chi connectivity index (χ3v) is 5.47. The highest BCUT2D eigenvalue weighted by atomic mass is 32.2. The van der Waals surface area contributed by atoms with Crippen LogP contribution in [0.2, 0.25) is 0 Å². The van der Waals surface area contributed by atoms with Crippen LogP contribution in [-0.4, -0.2) is 60.2 Å². The SMILES string of the molecule is CCCS(=O)(=O)NC1CCN(C(=O)c2ccc(C(=O)O)nc2)CC1. The van der Waals surface area contributed by atoms with Gasteiger partial charge in [-0.05, 0) is 31.4 Å². The van der Waals surface area contributed by atoms with Crippen LogP contribution < -0.4 is 4.72 Å². The molecule has 2 heterocycles. The number of carbonyl (C=O) groups excluding carboxylic acids is 1. The summed E-state index contributed by atoms with van der Waals surface area (Å²) in [4.78, 5) is 28.5. The monoisotopic (exact) mass is 355 g/mol. The lowest BCUT2D eigenvalue weighted by molar-refractivity contribution is 0.0682. The number of pyridine rings is 1. The average Bonchev–Trinajstić information content (AvgIpc) is 2.54. The maximum Gasteiger partial charge on any atom is 0.354 e. The summed E-state index contributed by atoms with van der Waals surface area (Å²) in [7, 11) is -3.25. The Labute approximate surface area is 140 Å². The van der Waals surface area contributed by atoms with Crippen LogP contribution in [0.4, 0.5) is 0 Å². The van der Waals surface area contributed by atoms with E-state index in [1.54, 1.807) is 4.90 Å². The molecule has 1 aliphatic heterocycles. The quantitative estimate of drug-likeness (QED) is 0.776. The maximum absolute atomic E-state index is 12.4. The van der Waals surface area contributed by atoms with E-state index in [1.807, 2.05) is 6.92 Å². The fourth-order valence-electron chi connectivity index (χ4n) is 2.61. The smallest absolute Gasteiger partial charge is 0.354 e. The number of hydrogen-bond acceptors (Lipinski definition) is 5. The first-order valence-electron chi connectivity index (χ1n) is 7.81. The lowest BCUT2D eigenvalue weighted by Gasteiger charge is -2.32. The Kier molecular flexibility index (Phi) is 5.89. The van der Waals surface area contributed by atoms with E-state index in [9.17, 15) is 18.0 Å². The Morgan fingerprint density at radius 1 is 1.33 bits per heavy atom. The molecule has 0 aromatic carbocycles. The standard InChI is InChI=1S/C15H21N3O5S/c1-2-9-24(22,23)17-12-5-7-18(8-6-12)14(19)11-3-4-13(15(20)21)16-10-11/h3-4,10,12,17H,2,5-9H2,1H3,(H,20,21). The van der Waals surface area contributed by atoms with Crippen LogP contribution in [0.5, 0.6) is 0 Å². The summed E-state index contributed by atoms with van der Waals surface area (Å²) in [5.41, 5.74) is 0.209. The van der Waals surface area contributed by atoms with Crippen molar-refractivity contribution in [2.75, 3.05) is 18.8 Å². The van der Waals surface area contributed by atoms with Gasteiger partial charge in [0.1, 0.15) is 5.69 Å². The van der Waals surface area contributed by atoms with E-state index in [4.69, 9.17) is 5.11 Å². The minimum atomic E-state index is -3.25. The minimum Gasteiger partial charge on any atom is -0.477 e. The van der Waals surface area contributed by atoms with Crippen molar-refractivity contribution in [3.05, 3.63) is 29.6 Å². The van der Waals surface area contributed by atoms with Gasteiger partial charge >= 0.3 is 5.97 Å². The van der Waals surface area contributed by atoms with Gasteiger partial charge in [0, 0.05) is 25.3 Å². The van der Waals surface area contributed by atoms with Gasteiger partial charge in [-0.15, -0.1) is 0 Å². The number of aromatic carboxylic acids is 1. The first-order valence-corrected chi connectivity index (χ1v) is 9.46. The average molecular weight is 355 g/mol. The fourth-order valence-corrected chi connectivity index (χ4v) is 4.01. The molecule has 0 saturated carbocycles. The molecule has 0 unspecified atom stereocenters. The largest absolute Gasteiger partial charge is 0.477 e. The zero-order chi connectivity index (χ0) is 17.7. The molecular formula is C15H21N3O5S. The third kappa shape index (κ3) is 4.75. The van der Waals surface area contributed by atoms with Crippen molar-refractivity contribution in [1.82, 2.24) is 14.6 Å². The van der Waals surface area contributed by atoms with Crippen LogP contribution in [-0.2, 0) is 10.0 Å². The van der Waals surface area contributed by atoms with Crippen molar-refractivity contribution in [2.24, 2.45) is 0 Å². The van der Waals surface area contributed by atoms with E-state index in [1.165, 1.54) is 18.3 Å². The first kappa shape index (κ1) is 18.3. The molecule has 132 valence electrons. The Bertz CT molecular complexity index is 694. The second kappa shape index (κ2) is 7.71. The van der Waals surface area contributed by atoms with Crippen molar-refractivity contribution >= 4 is 21.9 Å². The number of piperidine rings is 1. The number of sulfonamides is 1. The van der Waals surface area contributed by atoms with Crippen LogP contribution in [0.25, 0.3) is 0 Å². The molecule has 2 N–H and O–H groups in total. The predicted molar refractivity (Wildman–Crippen MR) is 87.3 cm³/mol.